The van der Waals surface area contributed by atoms with E-state index < -0.39 is 17.5 Å². The highest BCUT2D eigenvalue weighted by molar-refractivity contribution is 5.23. The molecule has 0 aliphatic heterocycles. The minimum absolute atomic E-state index is 0.0730. The second-order valence-electron chi connectivity index (χ2n) is 3.05. The van der Waals surface area contributed by atoms with E-state index in [4.69, 9.17) is 0 Å². The van der Waals surface area contributed by atoms with E-state index in [-0.39, 0.29) is 12.0 Å². The lowest BCUT2D eigenvalue weighted by molar-refractivity contribution is 0.442. The molecule has 0 saturated heterocycles. The molecule has 5 heteroatoms. The standard InChI is InChI=1S/C10H7F3N2/c11-7-2-1-6(9(12)10(7)13)5-8-14-3-4-15-8/h1-4H,5H2,(H,14,15). The van der Waals surface area contributed by atoms with Crippen molar-refractivity contribution in [2.45, 2.75) is 6.42 Å². The molecule has 1 N–H and O–H groups in total. The van der Waals surface area contributed by atoms with Gasteiger partial charge in [0.05, 0.1) is 0 Å². The predicted octanol–water partition coefficient (Wildman–Crippen LogP) is 2.42. The lowest BCUT2D eigenvalue weighted by atomic mass is 10.1. The highest BCUT2D eigenvalue weighted by Crippen LogP contribution is 2.16. The molecule has 1 heterocycles. The Balaban J connectivity index is 2.34. The first-order valence-corrected chi connectivity index (χ1v) is 4.29. The van der Waals surface area contributed by atoms with E-state index in [1.165, 1.54) is 12.3 Å². The molecule has 0 fully saturated rings. The predicted molar refractivity (Wildman–Crippen MR) is 47.7 cm³/mol. The van der Waals surface area contributed by atoms with Crippen molar-refractivity contribution in [3.63, 3.8) is 0 Å². The minimum Gasteiger partial charge on any atom is -0.348 e. The SMILES string of the molecule is Fc1ccc(Cc2ncc[nH]2)c(F)c1F. The van der Waals surface area contributed by atoms with E-state index >= 15 is 0 Å². The maximum absolute atomic E-state index is 13.2. The van der Waals surface area contributed by atoms with Gasteiger partial charge in [-0.1, -0.05) is 6.07 Å². The molecular formula is C10H7F3N2. The van der Waals surface area contributed by atoms with Gasteiger partial charge in [0.2, 0.25) is 0 Å². The molecule has 0 unspecified atom stereocenters. The summed E-state index contributed by atoms with van der Waals surface area (Å²) < 4.78 is 38.6. The fourth-order valence-electron chi connectivity index (χ4n) is 1.28. The van der Waals surface area contributed by atoms with Crippen LogP contribution in [0.25, 0.3) is 0 Å². The van der Waals surface area contributed by atoms with Crippen LogP contribution in [0.2, 0.25) is 0 Å². The molecule has 78 valence electrons. The van der Waals surface area contributed by atoms with Crippen LogP contribution in [0, 0.1) is 17.5 Å². The first-order valence-electron chi connectivity index (χ1n) is 4.29. The Hall–Kier alpha value is -1.78. The van der Waals surface area contributed by atoms with Gasteiger partial charge < -0.3 is 4.98 Å². The summed E-state index contributed by atoms with van der Waals surface area (Å²) in [6.45, 7) is 0. The van der Waals surface area contributed by atoms with Crippen LogP contribution in [0.1, 0.15) is 11.4 Å². The Kier molecular flexibility index (Phi) is 2.45. The molecule has 0 radical (unpaired) electrons. The average Bonchev–Trinajstić information content (AvgIpc) is 2.72. The smallest absolute Gasteiger partial charge is 0.194 e. The van der Waals surface area contributed by atoms with Gasteiger partial charge in [0, 0.05) is 18.8 Å². The van der Waals surface area contributed by atoms with Crippen LogP contribution < -0.4 is 0 Å². The Bertz CT molecular complexity index is 466. The molecule has 15 heavy (non-hydrogen) atoms. The maximum Gasteiger partial charge on any atom is 0.194 e. The van der Waals surface area contributed by atoms with Crippen molar-refractivity contribution in [1.29, 1.82) is 0 Å². The van der Waals surface area contributed by atoms with Crippen LogP contribution in [0.4, 0.5) is 13.2 Å². The number of benzene rings is 1. The van der Waals surface area contributed by atoms with Gasteiger partial charge in [-0.2, -0.15) is 0 Å². The van der Waals surface area contributed by atoms with Gasteiger partial charge in [0.25, 0.3) is 0 Å². The number of hydrogen-bond donors (Lipinski definition) is 1. The molecule has 0 aliphatic rings. The Morgan fingerprint density at radius 3 is 2.60 bits per heavy atom. The molecule has 0 bridgehead atoms. The van der Waals surface area contributed by atoms with Crippen molar-refractivity contribution in [2.75, 3.05) is 0 Å². The third-order valence-electron chi connectivity index (χ3n) is 2.03. The summed E-state index contributed by atoms with van der Waals surface area (Å²) in [5.74, 6) is -3.29. The zero-order valence-corrected chi connectivity index (χ0v) is 7.60. The average molecular weight is 212 g/mol. The lowest BCUT2D eigenvalue weighted by Crippen LogP contribution is -1.99. The van der Waals surface area contributed by atoms with Gasteiger partial charge in [0.15, 0.2) is 17.5 Å². The van der Waals surface area contributed by atoms with E-state index in [1.54, 1.807) is 6.20 Å². The molecule has 2 nitrogen and oxygen atoms in total. The van der Waals surface area contributed by atoms with Crippen molar-refractivity contribution < 1.29 is 13.2 Å². The number of nitrogens with zero attached hydrogens (tertiary/aromatic N) is 1. The maximum atomic E-state index is 13.2. The van der Waals surface area contributed by atoms with Crippen molar-refractivity contribution in [2.24, 2.45) is 0 Å². The fourth-order valence-corrected chi connectivity index (χ4v) is 1.28. The van der Waals surface area contributed by atoms with Crippen LogP contribution in [0.5, 0.6) is 0 Å². The normalized spacial score (nSPS) is 10.6. The molecule has 1 aromatic heterocycles. The Morgan fingerprint density at radius 2 is 1.93 bits per heavy atom. The highest BCUT2D eigenvalue weighted by Gasteiger charge is 2.13. The summed E-state index contributed by atoms with van der Waals surface area (Å²) in [5.41, 5.74) is 0.0730. The van der Waals surface area contributed by atoms with E-state index in [2.05, 4.69) is 9.97 Å². The fraction of sp³-hybridized carbons (Fsp3) is 0.100. The van der Waals surface area contributed by atoms with Gasteiger partial charge in [-0.05, 0) is 11.6 Å². The second-order valence-corrected chi connectivity index (χ2v) is 3.05. The number of aromatic amines is 1. The third-order valence-corrected chi connectivity index (χ3v) is 2.03. The summed E-state index contributed by atoms with van der Waals surface area (Å²) in [7, 11) is 0. The van der Waals surface area contributed by atoms with Gasteiger partial charge in [-0.15, -0.1) is 0 Å². The summed E-state index contributed by atoms with van der Waals surface area (Å²) in [4.78, 5) is 6.62. The first-order chi connectivity index (χ1) is 7.18. The van der Waals surface area contributed by atoms with E-state index in [0.717, 1.165) is 6.07 Å². The zero-order valence-electron chi connectivity index (χ0n) is 7.60. The Morgan fingerprint density at radius 1 is 1.13 bits per heavy atom. The van der Waals surface area contributed by atoms with E-state index in [0.29, 0.717) is 5.82 Å². The van der Waals surface area contributed by atoms with Gasteiger partial charge in [0.1, 0.15) is 5.82 Å². The van der Waals surface area contributed by atoms with Crippen LogP contribution in [0.15, 0.2) is 24.5 Å². The summed E-state index contributed by atoms with van der Waals surface area (Å²) in [6.07, 6.45) is 3.19. The molecule has 0 saturated carbocycles. The molecule has 0 atom stereocenters. The van der Waals surface area contributed by atoms with Gasteiger partial charge >= 0.3 is 0 Å². The molecule has 0 aliphatic carbocycles. The topological polar surface area (TPSA) is 28.7 Å². The quantitative estimate of drug-likeness (QED) is 0.761. The number of hydrogen-bond acceptors (Lipinski definition) is 1. The molecular weight excluding hydrogens is 205 g/mol. The van der Waals surface area contributed by atoms with Crippen molar-refractivity contribution in [3.05, 3.63) is 53.4 Å². The molecule has 0 spiro atoms. The highest BCUT2D eigenvalue weighted by atomic mass is 19.2. The first kappa shape index (κ1) is 9.76. The molecule has 2 rings (SSSR count). The summed E-state index contributed by atoms with van der Waals surface area (Å²) in [5, 5.41) is 0. The van der Waals surface area contributed by atoms with Crippen molar-refractivity contribution >= 4 is 0 Å². The second kappa shape index (κ2) is 3.76. The molecule has 1 aromatic carbocycles. The van der Waals surface area contributed by atoms with Crippen molar-refractivity contribution in [3.8, 4) is 0 Å². The molecule has 2 aromatic rings. The minimum atomic E-state index is -1.45. The van der Waals surface area contributed by atoms with Crippen LogP contribution >= 0.6 is 0 Å². The van der Waals surface area contributed by atoms with Gasteiger partial charge in [-0.25, -0.2) is 18.2 Å². The number of imidazole rings is 1. The largest absolute Gasteiger partial charge is 0.348 e. The lowest BCUT2D eigenvalue weighted by Gasteiger charge is -2.02. The number of H-pyrrole nitrogens is 1. The summed E-state index contributed by atoms with van der Waals surface area (Å²) >= 11 is 0. The Labute approximate surface area is 83.8 Å². The van der Waals surface area contributed by atoms with Crippen LogP contribution in [0.3, 0.4) is 0 Å². The van der Waals surface area contributed by atoms with Crippen molar-refractivity contribution in [1.82, 2.24) is 9.97 Å². The summed E-state index contributed by atoms with van der Waals surface area (Å²) in [6, 6.07) is 2.10. The van der Waals surface area contributed by atoms with Crippen LogP contribution in [-0.4, -0.2) is 9.97 Å². The zero-order chi connectivity index (χ0) is 10.8. The number of rotatable bonds is 2. The number of nitrogens with one attached hydrogen (secondary N) is 1. The monoisotopic (exact) mass is 212 g/mol. The van der Waals surface area contributed by atoms with E-state index in [9.17, 15) is 13.2 Å². The van der Waals surface area contributed by atoms with Gasteiger partial charge in [-0.3, -0.25) is 0 Å². The van der Waals surface area contributed by atoms with Crippen LogP contribution in [-0.2, 0) is 6.42 Å². The third kappa shape index (κ3) is 1.86. The number of aromatic nitrogens is 2. The van der Waals surface area contributed by atoms with E-state index in [1.807, 2.05) is 0 Å². The molecule has 0 amide bonds. The number of halogens is 3.